The fourth-order valence-corrected chi connectivity index (χ4v) is 2.47. The lowest BCUT2D eigenvalue weighted by Crippen LogP contribution is -2.24. The van der Waals surface area contributed by atoms with E-state index in [4.69, 9.17) is 4.42 Å². The van der Waals surface area contributed by atoms with Gasteiger partial charge in [0.1, 0.15) is 5.58 Å². The number of carbonyl (C=O) groups is 1. The van der Waals surface area contributed by atoms with E-state index in [1.54, 1.807) is 0 Å². The number of carboxylic acid groups (broad SMARTS) is 1. The molecule has 4 heteroatoms. The molecule has 0 atom stereocenters. The summed E-state index contributed by atoms with van der Waals surface area (Å²) in [7, 11) is 0. The van der Waals surface area contributed by atoms with Gasteiger partial charge in [-0.05, 0) is 47.0 Å². The van der Waals surface area contributed by atoms with Crippen molar-refractivity contribution in [3.05, 3.63) is 33.5 Å². The van der Waals surface area contributed by atoms with E-state index in [9.17, 15) is 9.90 Å². The molecule has 0 unspecified atom stereocenters. The molecule has 0 radical (unpaired) electrons. The van der Waals surface area contributed by atoms with E-state index in [1.807, 2.05) is 26.0 Å². The Hall–Kier alpha value is -1.29. The summed E-state index contributed by atoms with van der Waals surface area (Å²) in [5.74, 6) is -1.11. The Kier molecular flexibility index (Phi) is 2.76. The van der Waals surface area contributed by atoms with Crippen LogP contribution in [0.3, 0.4) is 0 Å². The number of hydrogen-bond acceptors (Lipinski definition) is 3. The Bertz CT molecular complexity index is 569. The largest absolute Gasteiger partial charge is 0.550 e. The smallest absolute Gasteiger partial charge is 0.174 e. The molecule has 0 aliphatic heterocycles. The third-order valence-corrected chi connectivity index (χ3v) is 3.14. The molecule has 1 heterocycles. The highest BCUT2D eigenvalue weighted by Crippen LogP contribution is 2.33. The van der Waals surface area contributed by atoms with Crippen LogP contribution in [0.25, 0.3) is 11.0 Å². The van der Waals surface area contributed by atoms with Gasteiger partial charge in [0, 0.05) is 23.3 Å². The molecule has 84 valence electrons. The van der Waals surface area contributed by atoms with Crippen LogP contribution in [-0.4, -0.2) is 5.97 Å². The average Bonchev–Trinajstić information content (AvgIpc) is 2.41. The summed E-state index contributed by atoms with van der Waals surface area (Å²) in [5.41, 5.74) is 3.46. The van der Waals surface area contributed by atoms with Gasteiger partial charge in [-0.1, -0.05) is 6.07 Å². The van der Waals surface area contributed by atoms with Gasteiger partial charge in [-0.2, -0.15) is 0 Å². The molecule has 0 aliphatic carbocycles. The van der Waals surface area contributed by atoms with Crippen molar-refractivity contribution in [1.29, 1.82) is 0 Å². The van der Waals surface area contributed by atoms with Crippen LogP contribution in [0.2, 0.25) is 0 Å². The number of furan rings is 1. The number of carboxylic acids is 1. The summed E-state index contributed by atoms with van der Waals surface area (Å²) in [5, 5.41) is 11.5. The number of halogens is 1. The predicted octanol–water partition coefficient (Wildman–Crippen LogP) is 2.10. The lowest BCUT2D eigenvalue weighted by Gasteiger charge is -2.03. The molecular formula is C12H10BrO3-. The van der Waals surface area contributed by atoms with Gasteiger partial charge >= 0.3 is 0 Å². The number of benzene rings is 1. The van der Waals surface area contributed by atoms with Crippen LogP contribution >= 0.6 is 15.9 Å². The monoisotopic (exact) mass is 281 g/mol. The van der Waals surface area contributed by atoms with Gasteiger partial charge in [0.2, 0.25) is 0 Å². The van der Waals surface area contributed by atoms with Crippen molar-refractivity contribution in [3.63, 3.8) is 0 Å². The van der Waals surface area contributed by atoms with Gasteiger partial charge in [-0.15, -0.1) is 0 Å². The molecule has 0 aliphatic rings. The fourth-order valence-electron chi connectivity index (χ4n) is 1.95. The molecule has 0 N–H and O–H groups in total. The van der Waals surface area contributed by atoms with E-state index in [1.165, 1.54) is 0 Å². The number of carbonyl (C=O) groups excluding carboxylic acids is 1. The number of rotatable bonds is 2. The lowest BCUT2D eigenvalue weighted by atomic mass is 10.0. The molecule has 2 rings (SSSR count). The highest BCUT2D eigenvalue weighted by Gasteiger charge is 2.14. The Balaban J connectivity index is 2.73. The second-order valence-corrected chi connectivity index (χ2v) is 4.58. The van der Waals surface area contributed by atoms with Crippen molar-refractivity contribution < 1.29 is 14.3 Å². The molecule has 2 aromatic rings. The van der Waals surface area contributed by atoms with Crippen LogP contribution < -0.4 is 5.11 Å². The van der Waals surface area contributed by atoms with Gasteiger partial charge in [0.25, 0.3) is 0 Å². The molecule has 0 saturated carbocycles. The number of aliphatic carboxylic acids is 1. The minimum absolute atomic E-state index is 0.141. The SMILES string of the molecule is Cc1cc(C)c2c(CC(=O)[O-])c(Br)oc2c1. The minimum Gasteiger partial charge on any atom is -0.550 e. The van der Waals surface area contributed by atoms with Crippen molar-refractivity contribution >= 4 is 32.9 Å². The summed E-state index contributed by atoms with van der Waals surface area (Å²) in [6.07, 6.45) is -0.141. The summed E-state index contributed by atoms with van der Waals surface area (Å²) in [6.45, 7) is 3.91. The normalized spacial score (nSPS) is 10.9. The van der Waals surface area contributed by atoms with Crippen LogP contribution in [-0.2, 0) is 11.2 Å². The third kappa shape index (κ3) is 1.85. The third-order valence-electron chi connectivity index (χ3n) is 2.50. The van der Waals surface area contributed by atoms with Crippen LogP contribution in [0.1, 0.15) is 16.7 Å². The molecule has 16 heavy (non-hydrogen) atoms. The van der Waals surface area contributed by atoms with E-state index < -0.39 is 5.97 Å². The first-order chi connectivity index (χ1) is 7.49. The highest BCUT2D eigenvalue weighted by atomic mass is 79.9. The summed E-state index contributed by atoms with van der Waals surface area (Å²) in [6, 6.07) is 3.90. The maximum Gasteiger partial charge on any atom is 0.174 e. The molecule has 0 saturated heterocycles. The summed E-state index contributed by atoms with van der Waals surface area (Å²) < 4.78 is 5.96. The summed E-state index contributed by atoms with van der Waals surface area (Å²) in [4.78, 5) is 10.7. The number of hydrogen-bond donors (Lipinski definition) is 0. The molecule has 0 spiro atoms. The molecule has 1 aromatic carbocycles. The number of aryl methyl sites for hydroxylation is 2. The second kappa shape index (κ2) is 3.94. The zero-order valence-corrected chi connectivity index (χ0v) is 10.6. The van der Waals surface area contributed by atoms with E-state index >= 15 is 0 Å². The quantitative estimate of drug-likeness (QED) is 0.847. The van der Waals surface area contributed by atoms with Crippen molar-refractivity contribution in [1.82, 2.24) is 0 Å². The first-order valence-corrected chi connectivity index (χ1v) is 5.66. The minimum atomic E-state index is -1.11. The van der Waals surface area contributed by atoms with Gasteiger partial charge in [-0.25, -0.2) is 0 Å². The standard InChI is InChI=1S/C12H11BrO3/c1-6-3-7(2)11-8(5-10(14)15)12(13)16-9(11)4-6/h3-4H,5H2,1-2H3,(H,14,15)/p-1. The molecule has 3 nitrogen and oxygen atoms in total. The Morgan fingerprint density at radius 3 is 2.75 bits per heavy atom. The van der Waals surface area contributed by atoms with Gasteiger partial charge < -0.3 is 14.3 Å². The first-order valence-electron chi connectivity index (χ1n) is 4.87. The topological polar surface area (TPSA) is 53.3 Å². The Labute approximate surface area is 101 Å². The molecular weight excluding hydrogens is 272 g/mol. The van der Waals surface area contributed by atoms with Gasteiger partial charge in [0.05, 0.1) is 0 Å². The zero-order chi connectivity index (χ0) is 11.9. The van der Waals surface area contributed by atoms with Gasteiger partial charge in [-0.3, -0.25) is 0 Å². The number of fused-ring (bicyclic) bond motifs is 1. The maximum absolute atomic E-state index is 10.7. The maximum atomic E-state index is 10.7. The van der Waals surface area contributed by atoms with Crippen LogP contribution in [0.15, 0.2) is 21.2 Å². The highest BCUT2D eigenvalue weighted by molar-refractivity contribution is 9.10. The summed E-state index contributed by atoms with van der Waals surface area (Å²) >= 11 is 3.24. The average molecular weight is 282 g/mol. The van der Waals surface area contributed by atoms with Gasteiger partial charge in [0.15, 0.2) is 4.67 Å². The van der Waals surface area contributed by atoms with Crippen LogP contribution in [0.4, 0.5) is 0 Å². The molecule has 0 fully saturated rings. The van der Waals surface area contributed by atoms with Crippen molar-refractivity contribution in [3.8, 4) is 0 Å². The van der Waals surface area contributed by atoms with Crippen LogP contribution in [0.5, 0.6) is 0 Å². The van der Waals surface area contributed by atoms with Crippen molar-refractivity contribution in [2.45, 2.75) is 20.3 Å². The lowest BCUT2D eigenvalue weighted by molar-refractivity contribution is -0.304. The second-order valence-electron chi connectivity index (χ2n) is 3.86. The molecule has 1 aromatic heterocycles. The first kappa shape index (κ1) is 11.2. The Morgan fingerprint density at radius 1 is 1.44 bits per heavy atom. The van der Waals surface area contributed by atoms with Crippen LogP contribution in [0, 0.1) is 13.8 Å². The van der Waals surface area contributed by atoms with E-state index in [-0.39, 0.29) is 6.42 Å². The Morgan fingerprint density at radius 2 is 2.12 bits per heavy atom. The van der Waals surface area contributed by atoms with Crippen molar-refractivity contribution in [2.24, 2.45) is 0 Å². The zero-order valence-electron chi connectivity index (χ0n) is 8.96. The fraction of sp³-hybridized carbons (Fsp3) is 0.250. The predicted molar refractivity (Wildman–Crippen MR) is 62.1 cm³/mol. The van der Waals surface area contributed by atoms with E-state index in [0.29, 0.717) is 15.8 Å². The van der Waals surface area contributed by atoms with E-state index in [2.05, 4.69) is 15.9 Å². The molecule has 0 bridgehead atoms. The van der Waals surface area contributed by atoms with E-state index in [0.717, 1.165) is 16.5 Å². The van der Waals surface area contributed by atoms with Crippen molar-refractivity contribution in [2.75, 3.05) is 0 Å². The molecule has 0 amide bonds.